The van der Waals surface area contributed by atoms with Crippen molar-refractivity contribution in [2.24, 2.45) is 11.8 Å². The molecule has 4 N–H and O–H groups in total. The second-order valence-electron chi connectivity index (χ2n) is 7.61. The highest BCUT2D eigenvalue weighted by atomic mass is 19.1. The number of halogens is 1. The topological polar surface area (TPSA) is 94.7 Å². The first-order valence-corrected chi connectivity index (χ1v) is 9.47. The summed E-state index contributed by atoms with van der Waals surface area (Å²) >= 11 is 0. The summed E-state index contributed by atoms with van der Waals surface area (Å²) in [5.74, 6) is -1.43. The number of hydrogen-bond acceptors (Lipinski definition) is 7. The Kier molecular flexibility index (Phi) is 6.44. The molecule has 6 atom stereocenters. The van der Waals surface area contributed by atoms with Crippen molar-refractivity contribution in [3.8, 4) is 0 Å². The van der Waals surface area contributed by atoms with Crippen LogP contribution in [0.3, 0.4) is 0 Å². The van der Waals surface area contributed by atoms with E-state index >= 15 is 0 Å². The van der Waals surface area contributed by atoms with Crippen LogP contribution in [-0.4, -0.2) is 68.1 Å². The number of carbonyl (C=O) groups is 2. The molecule has 6 unspecified atom stereocenters. The second-order valence-corrected chi connectivity index (χ2v) is 7.61. The molecular formula is C17H30FN5O3. The van der Waals surface area contributed by atoms with Crippen molar-refractivity contribution >= 4 is 11.9 Å². The number of ether oxygens (including phenoxy) is 1. The predicted octanol–water partition coefficient (Wildman–Crippen LogP) is -0.526. The molecule has 3 fully saturated rings. The number of alkyl halides is 1. The first-order valence-electron chi connectivity index (χ1n) is 9.47. The Hall–Kier alpha value is -1.29. The molecule has 0 aromatic rings. The number of hydrogen-bond donors (Lipinski definition) is 4. The maximum Gasteiger partial charge on any atom is 0.310 e. The highest BCUT2D eigenvalue weighted by Gasteiger charge is 2.41. The summed E-state index contributed by atoms with van der Waals surface area (Å²) in [6, 6.07) is -0.752. The standard InChI is InChI=1S/C17H30FN5O3/c1-10-7-14(11(8-12(10)18)17(25)26-2)20-16(24)13-3-4-15(22-21-13)23-6-5-19-9-23/h10-15,19,21-22H,3-9H2,1-2H3,(H,20,24). The number of nitrogens with zero attached hydrogens (tertiary/aromatic N) is 1. The van der Waals surface area contributed by atoms with Gasteiger partial charge in [0.2, 0.25) is 5.91 Å². The molecule has 148 valence electrons. The SMILES string of the molecule is COC(=O)C1CC(F)C(C)CC1NC(=O)C1CCC(N2CCNC2)NN1. The van der Waals surface area contributed by atoms with Crippen LogP contribution in [0.2, 0.25) is 0 Å². The molecule has 1 aliphatic carbocycles. The van der Waals surface area contributed by atoms with E-state index in [1.165, 1.54) is 7.11 Å². The van der Waals surface area contributed by atoms with Gasteiger partial charge in [-0.1, -0.05) is 6.92 Å². The van der Waals surface area contributed by atoms with E-state index in [0.717, 1.165) is 26.2 Å². The van der Waals surface area contributed by atoms with Crippen LogP contribution >= 0.6 is 0 Å². The summed E-state index contributed by atoms with van der Waals surface area (Å²) in [5, 5.41) is 6.25. The fraction of sp³-hybridized carbons (Fsp3) is 0.882. The van der Waals surface area contributed by atoms with Crippen molar-refractivity contribution in [1.29, 1.82) is 0 Å². The van der Waals surface area contributed by atoms with Gasteiger partial charge in [-0.2, -0.15) is 0 Å². The van der Waals surface area contributed by atoms with Crippen LogP contribution in [0.5, 0.6) is 0 Å². The minimum absolute atomic E-state index is 0.0964. The van der Waals surface area contributed by atoms with Crippen molar-refractivity contribution < 1.29 is 18.7 Å². The largest absolute Gasteiger partial charge is 0.469 e. The first kappa shape index (κ1) is 19.5. The normalized spacial score (nSPS) is 38.7. The summed E-state index contributed by atoms with van der Waals surface area (Å²) < 4.78 is 18.8. The third kappa shape index (κ3) is 4.33. The van der Waals surface area contributed by atoms with Gasteiger partial charge in [-0.05, 0) is 31.6 Å². The molecule has 0 radical (unpaired) electrons. The maximum absolute atomic E-state index is 14.0. The molecule has 0 aromatic carbocycles. The number of nitrogens with one attached hydrogen (secondary N) is 4. The van der Waals surface area contributed by atoms with E-state index in [-0.39, 0.29) is 36.5 Å². The lowest BCUT2D eigenvalue weighted by Crippen LogP contribution is -2.63. The lowest BCUT2D eigenvalue weighted by Gasteiger charge is -2.38. The first-order chi connectivity index (χ1) is 12.5. The van der Waals surface area contributed by atoms with Gasteiger partial charge in [0.25, 0.3) is 0 Å². The van der Waals surface area contributed by atoms with Gasteiger partial charge in [0.1, 0.15) is 12.2 Å². The lowest BCUT2D eigenvalue weighted by molar-refractivity contribution is -0.149. The average molecular weight is 371 g/mol. The van der Waals surface area contributed by atoms with Crippen molar-refractivity contribution in [3.05, 3.63) is 0 Å². The van der Waals surface area contributed by atoms with E-state index in [0.29, 0.717) is 12.8 Å². The Morgan fingerprint density at radius 2 is 2.04 bits per heavy atom. The molecule has 2 heterocycles. The van der Waals surface area contributed by atoms with Gasteiger partial charge in [0, 0.05) is 25.8 Å². The minimum Gasteiger partial charge on any atom is -0.469 e. The zero-order chi connectivity index (χ0) is 18.7. The fourth-order valence-corrected chi connectivity index (χ4v) is 4.13. The summed E-state index contributed by atoms with van der Waals surface area (Å²) in [4.78, 5) is 26.9. The summed E-state index contributed by atoms with van der Waals surface area (Å²) in [5.41, 5.74) is 6.31. The van der Waals surface area contributed by atoms with E-state index in [1.807, 2.05) is 6.92 Å². The van der Waals surface area contributed by atoms with Crippen molar-refractivity contribution in [3.63, 3.8) is 0 Å². The molecule has 3 rings (SSSR count). The van der Waals surface area contributed by atoms with Crippen LogP contribution in [0.25, 0.3) is 0 Å². The minimum atomic E-state index is -1.04. The third-order valence-electron chi connectivity index (χ3n) is 5.84. The molecule has 0 spiro atoms. The lowest BCUT2D eigenvalue weighted by atomic mass is 9.77. The van der Waals surface area contributed by atoms with E-state index in [4.69, 9.17) is 4.74 Å². The Bertz CT molecular complexity index is 509. The van der Waals surface area contributed by atoms with E-state index < -0.39 is 18.1 Å². The fourth-order valence-electron chi connectivity index (χ4n) is 4.13. The molecule has 26 heavy (non-hydrogen) atoms. The van der Waals surface area contributed by atoms with Gasteiger partial charge in [-0.3, -0.25) is 14.5 Å². The Morgan fingerprint density at radius 1 is 1.23 bits per heavy atom. The number of rotatable bonds is 4. The van der Waals surface area contributed by atoms with E-state index in [1.54, 1.807) is 0 Å². The number of amides is 1. The molecule has 0 bridgehead atoms. The molecular weight excluding hydrogens is 341 g/mol. The van der Waals surface area contributed by atoms with E-state index in [2.05, 4.69) is 26.4 Å². The molecule has 3 aliphatic rings. The number of esters is 1. The molecule has 0 aromatic heterocycles. The van der Waals surface area contributed by atoms with Crippen LogP contribution in [0.15, 0.2) is 0 Å². The maximum atomic E-state index is 14.0. The van der Waals surface area contributed by atoms with Crippen LogP contribution in [-0.2, 0) is 14.3 Å². The van der Waals surface area contributed by atoms with Gasteiger partial charge in [0.15, 0.2) is 0 Å². The second kappa shape index (κ2) is 8.60. The smallest absolute Gasteiger partial charge is 0.310 e. The molecule has 8 nitrogen and oxygen atoms in total. The van der Waals surface area contributed by atoms with E-state index in [9.17, 15) is 14.0 Å². The summed E-state index contributed by atoms with van der Waals surface area (Å²) in [6.45, 7) is 4.63. The quantitative estimate of drug-likeness (QED) is 0.494. The van der Waals surface area contributed by atoms with Gasteiger partial charge >= 0.3 is 5.97 Å². The molecule has 1 amide bonds. The third-order valence-corrected chi connectivity index (χ3v) is 5.84. The van der Waals surface area contributed by atoms with Crippen LogP contribution in [0, 0.1) is 11.8 Å². The molecule has 2 saturated heterocycles. The number of carbonyl (C=O) groups excluding carboxylic acids is 2. The highest BCUT2D eigenvalue weighted by Crippen LogP contribution is 2.32. The molecule has 9 heteroatoms. The van der Waals surface area contributed by atoms with Gasteiger partial charge < -0.3 is 15.4 Å². The van der Waals surface area contributed by atoms with Crippen molar-refractivity contribution in [1.82, 2.24) is 26.4 Å². The van der Waals surface area contributed by atoms with Crippen molar-refractivity contribution in [2.75, 3.05) is 26.9 Å². The molecule has 1 saturated carbocycles. The van der Waals surface area contributed by atoms with Crippen molar-refractivity contribution in [2.45, 2.75) is 57.0 Å². The van der Waals surface area contributed by atoms with Crippen LogP contribution in [0.1, 0.15) is 32.6 Å². The highest BCUT2D eigenvalue weighted by molar-refractivity contribution is 5.83. The number of methoxy groups -OCH3 is 1. The Morgan fingerprint density at radius 3 is 2.65 bits per heavy atom. The van der Waals surface area contributed by atoms with Gasteiger partial charge in [0.05, 0.1) is 19.2 Å². The van der Waals surface area contributed by atoms with Crippen LogP contribution in [0.4, 0.5) is 4.39 Å². The summed E-state index contributed by atoms with van der Waals surface area (Å²) in [7, 11) is 1.30. The number of hydrazine groups is 1. The zero-order valence-electron chi connectivity index (χ0n) is 15.5. The summed E-state index contributed by atoms with van der Waals surface area (Å²) in [6.07, 6.45) is 1.27. The van der Waals surface area contributed by atoms with Gasteiger partial charge in [-0.25, -0.2) is 15.2 Å². The van der Waals surface area contributed by atoms with Crippen LogP contribution < -0.4 is 21.5 Å². The average Bonchev–Trinajstić information content (AvgIpc) is 3.18. The Balaban J connectivity index is 1.53. The molecule has 2 aliphatic heterocycles. The van der Waals surface area contributed by atoms with Gasteiger partial charge in [-0.15, -0.1) is 0 Å². The predicted molar refractivity (Wildman–Crippen MR) is 93.4 cm³/mol. The monoisotopic (exact) mass is 371 g/mol. The Labute approximate surface area is 153 Å². The zero-order valence-corrected chi connectivity index (χ0v) is 15.5.